The molecule has 2 aromatic carbocycles. The van der Waals surface area contributed by atoms with Gasteiger partial charge in [-0.2, -0.15) is 0 Å². The quantitative estimate of drug-likeness (QED) is 0.441. The number of para-hydroxylation sites is 2. The highest BCUT2D eigenvalue weighted by Crippen LogP contribution is 2.26. The van der Waals surface area contributed by atoms with E-state index in [1.807, 2.05) is 69.3 Å². The second-order valence-electron chi connectivity index (χ2n) is 6.55. The highest BCUT2D eigenvalue weighted by molar-refractivity contribution is 8.00. The number of hydrogen-bond acceptors (Lipinski definition) is 4. The maximum atomic E-state index is 13.1. The Morgan fingerprint density at radius 3 is 2.46 bits per heavy atom. The predicted octanol–water partition coefficient (Wildman–Crippen LogP) is 4.34. The van der Waals surface area contributed by atoms with Gasteiger partial charge in [-0.3, -0.25) is 14.2 Å². The first kappa shape index (κ1) is 20.1. The molecule has 1 amide bonds. The van der Waals surface area contributed by atoms with Crippen LogP contribution in [0.3, 0.4) is 0 Å². The lowest BCUT2D eigenvalue weighted by atomic mass is 10.2. The van der Waals surface area contributed by atoms with Crippen LogP contribution in [-0.4, -0.2) is 27.3 Å². The number of fused-ring (bicyclic) bond motifs is 1. The van der Waals surface area contributed by atoms with Crippen LogP contribution < -0.4 is 10.5 Å². The molecule has 0 aliphatic carbocycles. The van der Waals surface area contributed by atoms with Crippen molar-refractivity contribution in [2.24, 2.45) is 0 Å². The average Bonchev–Trinajstić information content (AvgIpc) is 2.72. The SMILES string of the molecule is CCCn1c(S[C@@H](C)C(=O)N(CC)c2ccccc2)nc2ccccc2c1=O. The van der Waals surface area contributed by atoms with Gasteiger partial charge in [-0.25, -0.2) is 4.98 Å². The molecule has 0 spiro atoms. The molecule has 1 aromatic heterocycles. The van der Waals surface area contributed by atoms with Crippen LogP contribution in [0, 0.1) is 0 Å². The molecule has 28 heavy (non-hydrogen) atoms. The second-order valence-corrected chi connectivity index (χ2v) is 7.85. The second kappa shape index (κ2) is 9.06. The van der Waals surface area contributed by atoms with Crippen LogP contribution in [-0.2, 0) is 11.3 Å². The molecule has 0 aliphatic rings. The molecule has 0 bridgehead atoms. The maximum Gasteiger partial charge on any atom is 0.262 e. The van der Waals surface area contributed by atoms with Gasteiger partial charge in [0, 0.05) is 18.8 Å². The number of carbonyl (C=O) groups is 1. The number of thioether (sulfide) groups is 1. The lowest BCUT2D eigenvalue weighted by molar-refractivity contribution is -0.117. The van der Waals surface area contributed by atoms with Crippen molar-refractivity contribution in [1.29, 1.82) is 0 Å². The van der Waals surface area contributed by atoms with Crippen molar-refractivity contribution in [3.05, 3.63) is 65.0 Å². The third-order valence-corrected chi connectivity index (χ3v) is 5.63. The van der Waals surface area contributed by atoms with E-state index in [0.29, 0.717) is 29.1 Å². The summed E-state index contributed by atoms with van der Waals surface area (Å²) in [6, 6.07) is 17.0. The molecular weight excluding hydrogens is 370 g/mol. The molecule has 0 saturated heterocycles. The summed E-state index contributed by atoms with van der Waals surface area (Å²) >= 11 is 1.35. The van der Waals surface area contributed by atoms with E-state index in [1.54, 1.807) is 15.5 Å². The highest BCUT2D eigenvalue weighted by atomic mass is 32.2. The van der Waals surface area contributed by atoms with Gasteiger partial charge in [0.1, 0.15) is 0 Å². The van der Waals surface area contributed by atoms with Crippen molar-refractivity contribution in [2.75, 3.05) is 11.4 Å². The molecule has 0 N–H and O–H groups in total. The normalized spacial score (nSPS) is 12.1. The first-order valence-electron chi connectivity index (χ1n) is 9.59. The fraction of sp³-hybridized carbons (Fsp3) is 0.318. The van der Waals surface area contributed by atoms with Gasteiger partial charge in [-0.1, -0.05) is 49.0 Å². The molecular formula is C22H25N3O2S. The number of rotatable bonds is 7. The number of carbonyl (C=O) groups excluding carboxylic acids is 1. The molecule has 3 rings (SSSR count). The number of benzene rings is 2. The van der Waals surface area contributed by atoms with Crippen molar-refractivity contribution in [3.63, 3.8) is 0 Å². The Labute approximate surface area is 169 Å². The topological polar surface area (TPSA) is 55.2 Å². The molecule has 3 aromatic rings. The van der Waals surface area contributed by atoms with Gasteiger partial charge >= 0.3 is 0 Å². The first-order chi connectivity index (χ1) is 13.6. The van der Waals surface area contributed by atoms with E-state index in [2.05, 4.69) is 0 Å². The lowest BCUT2D eigenvalue weighted by Gasteiger charge is -2.24. The number of aromatic nitrogens is 2. The zero-order valence-electron chi connectivity index (χ0n) is 16.5. The molecule has 0 saturated carbocycles. The van der Waals surface area contributed by atoms with Crippen LogP contribution in [0.25, 0.3) is 10.9 Å². The van der Waals surface area contributed by atoms with Crippen LogP contribution in [0.5, 0.6) is 0 Å². The minimum atomic E-state index is -0.365. The third-order valence-electron chi connectivity index (χ3n) is 4.55. The summed E-state index contributed by atoms with van der Waals surface area (Å²) in [6.07, 6.45) is 0.820. The minimum Gasteiger partial charge on any atom is -0.312 e. The molecule has 1 heterocycles. The molecule has 0 aliphatic heterocycles. The lowest BCUT2D eigenvalue weighted by Crippen LogP contribution is -2.37. The molecule has 0 radical (unpaired) electrons. The van der Waals surface area contributed by atoms with Crippen molar-refractivity contribution < 1.29 is 4.79 Å². The largest absolute Gasteiger partial charge is 0.312 e. The molecule has 1 atom stereocenters. The Bertz CT molecular complexity index is 1020. The van der Waals surface area contributed by atoms with Crippen LogP contribution in [0.1, 0.15) is 27.2 Å². The summed E-state index contributed by atoms with van der Waals surface area (Å²) in [6.45, 7) is 7.02. The summed E-state index contributed by atoms with van der Waals surface area (Å²) in [5, 5.41) is 0.839. The molecule has 5 nitrogen and oxygen atoms in total. The summed E-state index contributed by atoms with van der Waals surface area (Å²) < 4.78 is 1.69. The Morgan fingerprint density at radius 2 is 1.79 bits per heavy atom. The number of nitrogens with zero attached hydrogens (tertiary/aromatic N) is 3. The fourth-order valence-electron chi connectivity index (χ4n) is 3.16. The van der Waals surface area contributed by atoms with Crippen molar-refractivity contribution in [2.45, 2.75) is 44.1 Å². The standard InChI is InChI=1S/C22H25N3O2S/c1-4-15-25-21(27)18-13-9-10-14-19(18)23-22(25)28-16(3)20(26)24(5-2)17-11-7-6-8-12-17/h6-14,16H,4-5,15H2,1-3H3/t16-/m0/s1. The van der Waals surface area contributed by atoms with E-state index in [1.165, 1.54) is 11.8 Å². The van der Waals surface area contributed by atoms with Crippen molar-refractivity contribution in [3.8, 4) is 0 Å². The third kappa shape index (κ3) is 4.12. The molecule has 0 unspecified atom stereocenters. The van der Waals surface area contributed by atoms with E-state index in [9.17, 15) is 9.59 Å². The fourth-order valence-corrected chi connectivity index (χ4v) is 4.16. The van der Waals surface area contributed by atoms with Crippen molar-refractivity contribution in [1.82, 2.24) is 9.55 Å². The van der Waals surface area contributed by atoms with Gasteiger partial charge in [0.15, 0.2) is 5.16 Å². The van der Waals surface area contributed by atoms with Gasteiger partial charge in [0.25, 0.3) is 5.56 Å². The zero-order chi connectivity index (χ0) is 20.1. The number of hydrogen-bond donors (Lipinski definition) is 0. The van der Waals surface area contributed by atoms with Crippen LogP contribution in [0.2, 0.25) is 0 Å². The van der Waals surface area contributed by atoms with Gasteiger partial charge in [-0.15, -0.1) is 0 Å². The summed E-state index contributed by atoms with van der Waals surface area (Å²) in [5.41, 5.74) is 1.49. The Morgan fingerprint density at radius 1 is 1.11 bits per heavy atom. The molecule has 0 fully saturated rings. The van der Waals surface area contributed by atoms with E-state index in [0.717, 1.165) is 12.1 Å². The van der Waals surface area contributed by atoms with Gasteiger partial charge < -0.3 is 4.90 Å². The van der Waals surface area contributed by atoms with E-state index in [-0.39, 0.29) is 16.7 Å². The van der Waals surface area contributed by atoms with Crippen molar-refractivity contribution >= 4 is 34.3 Å². The Kier molecular flexibility index (Phi) is 6.52. The van der Waals surface area contributed by atoms with E-state index in [4.69, 9.17) is 4.98 Å². The zero-order valence-corrected chi connectivity index (χ0v) is 17.3. The Balaban J connectivity index is 1.93. The van der Waals surface area contributed by atoms with Crippen LogP contribution in [0.15, 0.2) is 64.5 Å². The molecule has 6 heteroatoms. The van der Waals surface area contributed by atoms with Gasteiger partial charge in [-0.05, 0) is 44.5 Å². The average molecular weight is 396 g/mol. The number of amides is 1. The summed E-state index contributed by atoms with van der Waals surface area (Å²) in [4.78, 5) is 32.5. The van der Waals surface area contributed by atoms with E-state index >= 15 is 0 Å². The summed E-state index contributed by atoms with van der Waals surface area (Å²) in [7, 11) is 0. The maximum absolute atomic E-state index is 13.1. The van der Waals surface area contributed by atoms with E-state index < -0.39 is 0 Å². The summed E-state index contributed by atoms with van der Waals surface area (Å²) in [5.74, 6) is 0.00385. The van der Waals surface area contributed by atoms with Crippen LogP contribution in [0.4, 0.5) is 5.69 Å². The molecule has 146 valence electrons. The minimum absolute atomic E-state index is 0.00385. The number of anilines is 1. The smallest absolute Gasteiger partial charge is 0.262 e. The predicted molar refractivity (Wildman–Crippen MR) is 116 cm³/mol. The van der Waals surface area contributed by atoms with Gasteiger partial charge in [0.05, 0.1) is 16.2 Å². The highest BCUT2D eigenvalue weighted by Gasteiger charge is 2.24. The Hall–Kier alpha value is -2.60. The monoisotopic (exact) mass is 395 g/mol. The first-order valence-corrected chi connectivity index (χ1v) is 10.5. The van der Waals surface area contributed by atoms with Crippen LogP contribution >= 0.6 is 11.8 Å². The van der Waals surface area contributed by atoms with Gasteiger partial charge in [0.2, 0.25) is 5.91 Å².